The van der Waals surface area contributed by atoms with Crippen molar-refractivity contribution in [2.75, 3.05) is 7.05 Å². The molecule has 114 valence electrons. The topological polar surface area (TPSA) is 61.2 Å². The lowest BCUT2D eigenvalue weighted by molar-refractivity contribution is 0.466. The largest absolute Gasteiger partial charge is 0.243 e. The first-order chi connectivity index (χ1) is 10.3. The molecule has 0 saturated heterocycles. The van der Waals surface area contributed by atoms with Crippen LogP contribution in [0.1, 0.15) is 11.1 Å². The Balaban J connectivity index is 2.29. The van der Waals surface area contributed by atoms with E-state index in [0.717, 1.165) is 5.56 Å². The van der Waals surface area contributed by atoms with E-state index in [0.29, 0.717) is 5.02 Å². The molecule has 2 aromatic rings. The van der Waals surface area contributed by atoms with Crippen LogP contribution in [0.2, 0.25) is 10.0 Å². The maximum Gasteiger partial charge on any atom is 0.243 e. The van der Waals surface area contributed by atoms with Crippen molar-refractivity contribution in [3.8, 4) is 6.07 Å². The molecular formula is C15H12Cl2N2O2S. The first-order valence-electron chi connectivity index (χ1n) is 6.25. The van der Waals surface area contributed by atoms with Crippen molar-refractivity contribution in [3.05, 3.63) is 63.6 Å². The van der Waals surface area contributed by atoms with Gasteiger partial charge >= 0.3 is 0 Å². The molecule has 0 heterocycles. The molecule has 2 aromatic carbocycles. The smallest absolute Gasteiger partial charge is 0.207 e. The molecule has 0 saturated carbocycles. The van der Waals surface area contributed by atoms with E-state index < -0.39 is 10.0 Å². The van der Waals surface area contributed by atoms with Gasteiger partial charge in [-0.1, -0.05) is 35.3 Å². The van der Waals surface area contributed by atoms with Crippen LogP contribution >= 0.6 is 23.2 Å². The zero-order valence-corrected chi connectivity index (χ0v) is 14.0. The Hall–Kier alpha value is -1.58. The van der Waals surface area contributed by atoms with E-state index in [1.54, 1.807) is 24.3 Å². The molecule has 0 aliphatic heterocycles. The number of nitrogens with zero attached hydrogens (tertiary/aromatic N) is 2. The molecule has 0 aliphatic carbocycles. The molecule has 0 aromatic heterocycles. The van der Waals surface area contributed by atoms with E-state index in [2.05, 4.69) is 0 Å². The predicted octanol–water partition coefficient (Wildman–Crippen LogP) is 3.69. The average molecular weight is 355 g/mol. The SMILES string of the molecule is CN(Cc1ccc(Cl)cc1)S(=O)(=O)c1ccc(Cl)c(C#N)c1. The molecule has 22 heavy (non-hydrogen) atoms. The van der Waals surface area contributed by atoms with Gasteiger partial charge in [-0.2, -0.15) is 9.57 Å². The predicted molar refractivity (Wildman–Crippen MR) is 86.3 cm³/mol. The van der Waals surface area contributed by atoms with Crippen LogP contribution in [0, 0.1) is 11.3 Å². The van der Waals surface area contributed by atoms with Gasteiger partial charge in [0.15, 0.2) is 0 Å². The molecule has 0 aliphatic rings. The Morgan fingerprint density at radius 2 is 1.77 bits per heavy atom. The fraction of sp³-hybridized carbons (Fsp3) is 0.133. The minimum Gasteiger partial charge on any atom is -0.207 e. The molecule has 7 heteroatoms. The molecule has 0 bridgehead atoms. The lowest BCUT2D eigenvalue weighted by atomic mass is 10.2. The summed E-state index contributed by atoms with van der Waals surface area (Å²) in [6.07, 6.45) is 0. The average Bonchev–Trinajstić information content (AvgIpc) is 2.49. The maximum atomic E-state index is 12.5. The van der Waals surface area contributed by atoms with Crippen molar-refractivity contribution in [1.82, 2.24) is 4.31 Å². The second kappa shape index (κ2) is 6.67. The molecule has 0 radical (unpaired) electrons. The molecule has 2 rings (SSSR count). The normalized spacial score (nSPS) is 11.4. The highest BCUT2D eigenvalue weighted by molar-refractivity contribution is 7.89. The summed E-state index contributed by atoms with van der Waals surface area (Å²) >= 11 is 11.6. The number of halogens is 2. The molecule has 0 amide bonds. The van der Waals surface area contributed by atoms with E-state index >= 15 is 0 Å². The van der Waals surface area contributed by atoms with Crippen molar-refractivity contribution in [3.63, 3.8) is 0 Å². The third kappa shape index (κ3) is 3.60. The standard InChI is InChI=1S/C15H12Cl2N2O2S/c1-19(10-11-2-4-13(16)5-3-11)22(20,21)14-6-7-15(17)12(8-14)9-18/h2-8H,10H2,1H3. The number of nitriles is 1. The number of hydrogen-bond donors (Lipinski definition) is 0. The van der Waals surface area contributed by atoms with Gasteiger partial charge in [0, 0.05) is 18.6 Å². The third-order valence-corrected chi connectivity index (χ3v) is 5.47. The first-order valence-corrected chi connectivity index (χ1v) is 8.44. The number of benzene rings is 2. The highest BCUT2D eigenvalue weighted by Gasteiger charge is 2.22. The molecule has 4 nitrogen and oxygen atoms in total. The Labute approximate surface area is 139 Å². The van der Waals surface area contributed by atoms with Crippen LogP contribution in [0.4, 0.5) is 0 Å². The minimum atomic E-state index is -3.71. The van der Waals surface area contributed by atoms with Crippen molar-refractivity contribution in [2.24, 2.45) is 0 Å². The Bertz CT molecular complexity index is 828. The van der Waals surface area contributed by atoms with Crippen LogP contribution in [0.15, 0.2) is 47.4 Å². The summed E-state index contributed by atoms with van der Waals surface area (Å²) in [5.41, 5.74) is 0.938. The van der Waals surface area contributed by atoms with Gasteiger partial charge in [0.2, 0.25) is 10.0 Å². The van der Waals surface area contributed by atoms with Crippen molar-refractivity contribution in [2.45, 2.75) is 11.4 Å². The van der Waals surface area contributed by atoms with Crippen LogP contribution in [0.3, 0.4) is 0 Å². The van der Waals surface area contributed by atoms with Gasteiger partial charge in [-0.25, -0.2) is 8.42 Å². The second-order valence-electron chi connectivity index (χ2n) is 4.64. The monoisotopic (exact) mass is 354 g/mol. The molecule has 0 fully saturated rings. The number of hydrogen-bond acceptors (Lipinski definition) is 3. The van der Waals surface area contributed by atoms with Gasteiger partial charge in [-0.15, -0.1) is 0 Å². The molecule has 0 atom stereocenters. The highest BCUT2D eigenvalue weighted by atomic mass is 35.5. The first kappa shape index (κ1) is 16.8. The van der Waals surface area contributed by atoms with Gasteiger partial charge < -0.3 is 0 Å². The number of rotatable bonds is 4. The van der Waals surface area contributed by atoms with Crippen molar-refractivity contribution >= 4 is 33.2 Å². The Morgan fingerprint density at radius 3 is 2.36 bits per heavy atom. The zero-order chi connectivity index (χ0) is 16.3. The lowest BCUT2D eigenvalue weighted by Gasteiger charge is -2.17. The summed E-state index contributed by atoms with van der Waals surface area (Å²) in [4.78, 5) is 0.0323. The fourth-order valence-electron chi connectivity index (χ4n) is 1.86. The van der Waals surface area contributed by atoms with Gasteiger partial charge in [0.25, 0.3) is 0 Å². The summed E-state index contributed by atoms with van der Waals surface area (Å²) in [5, 5.41) is 9.77. The van der Waals surface area contributed by atoms with E-state index in [4.69, 9.17) is 28.5 Å². The molecular weight excluding hydrogens is 343 g/mol. The lowest BCUT2D eigenvalue weighted by Crippen LogP contribution is -2.26. The van der Waals surface area contributed by atoms with E-state index in [9.17, 15) is 8.42 Å². The van der Waals surface area contributed by atoms with E-state index in [-0.39, 0.29) is 22.0 Å². The van der Waals surface area contributed by atoms with Gasteiger partial charge in [0.1, 0.15) is 6.07 Å². The van der Waals surface area contributed by atoms with Crippen LogP contribution in [0.25, 0.3) is 0 Å². The number of sulfonamides is 1. The Morgan fingerprint density at radius 1 is 1.14 bits per heavy atom. The van der Waals surface area contributed by atoms with Crippen LogP contribution < -0.4 is 0 Å². The summed E-state index contributed by atoms with van der Waals surface area (Å²) in [6, 6.07) is 12.9. The minimum absolute atomic E-state index is 0.0323. The second-order valence-corrected chi connectivity index (χ2v) is 7.53. The van der Waals surface area contributed by atoms with Crippen molar-refractivity contribution in [1.29, 1.82) is 5.26 Å². The van der Waals surface area contributed by atoms with E-state index in [1.165, 1.54) is 29.6 Å². The summed E-state index contributed by atoms with van der Waals surface area (Å²) in [7, 11) is -2.23. The highest BCUT2D eigenvalue weighted by Crippen LogP contribution is 2.23. The Kier molecular flexibility index (Phi) is 5.09. The van der Waals surface area contributed by atoms with Gasteiger partial charge in [-0.3, -0.25) is 0 Å². The van der Waals surface area contributed by atoms with Gasteiger partial charge in [-0.05, 0) is 35.9 Å². The van der Waals surface area contributed by atoms with Gasteiger partial charge in [0.05, 0.1) is 15.5 Å². The third-order valence-electron chi connectivity index (χ3n) is 3.08. The van der Waals surface area contributed by atoms with Crippen molar-refractivity contribution < 1.29 is 8.42 Å². The van der Waals surface area contributed by atoms with Crippen LogP contribution in [-0.4, -0.2) is 19.8 Å². The van der Waals surface area contributed by atoms with E-state index in [1.807, 2.05) is 6.07 Å². The molecule has 0 spiro atoms. The molecule has 0 N–H and O–H groups in total. The summed E-state index contributed by atoms with van der Waals surface area (Å²) in [6.45, 7) is 0.198. The summed E-state index contributed by atoms with van der Waals surface area (Å²) < 4.78 is 26.3. The molecule has 0 unspecified atom stereocenters. The van der Waals surface area contributed by atoms with Crippen LogP contribution in [0.5, 0.6) is 0 Å². The quantitative estimate of drug-likeness (QED) is 0.840. The fourth-order valence-corrected chi connectivity index (χ4v) is 3.33. The summed E-state index contributed by atoms with van der Waals surface area (Å²) in [5.74, 6) is 0. The zero-order valence-electron chi connectivity index (χ0n) is 11.6. The van der Waals surface area contributed by atoms with Crippen LogP contribution in [-0.2, 0) is 16.6 Å². The maximum absolute atomic E-state index is 12.5.